The molecule has 16 heavy (non-hydrogen) atoms. The summed E-state index contributed by atoms with van der Waals surface area (Å²) in [4.78, 5) is 18.9. The first-order chi connectivity index (χ1) is 7.70. The molecule has 0 saturated heterocycles. The quantitative estimate of drug-likeness (QED) is 0.797. The summed E-state index contributed by atoms with van der Waals surface area (Å²) in [6.45, 7) is 1.86. The lowest BCUT2D eigenvalue weighted by molar-refractivity contribution is -0.119. The topological polar surface area (TPSA) is 57.8 Å². The number of imidazole rings is 1. The predicted molar refractivity (Wildman–Crippen MR) is 65.5 cm³/mol. The molecule has 1 unspecified atom stereocenters. The number of nitrogens with one attached hydrogen (secondary N) is 2. The molecule has 1 atom stereocenters. The van der Waals surface area contributed by atoms with Crippen LogP contribution in [0, 0.1) is 0 Å². The number of para-hydroxylation sites is 2. The third kappa shape index (κ3) is 2.19. The van der Waals surface area contributed by atoms with E-state index >= 15 is 0 Å². The summed E-state index contributed by atoms with van der Waals surface area (Å²) < 4.78 is 0. The summed E-state index contributed by atoms with van der Waals surface area (Å²) in [5.41, 5.74) is 1.92. The van der Waals surface area contributed by atoms with Gasteiger partial charge in [-0.1, -0.05) is 23.9 Å². The Morgan fingerprint density at radius 2 is 2.25 bits per heavy atom. The van der Waals surface area contributed by atoms with Gasteiger partial charge in [-0.2, -0.15) is 0 Å². The Morgan fingerprint density at radius 3 is 2.94 bits per heavy atom. The van der Waals surface area contributed by atoms with Gasteiger partial charge in [-0.05, 0) is 19.1 Å². The third-order valence-electron chi connectivity index (χ3n) is 2.27. The second-order valence-corrected chi connectivity index (χ2v) is 4.76. The van der Waals surface area contributed by atoms with Crippen LogP contribution >= 0.6 is 11.8 Å². The molecule has 0 bridgehead atoms. The highest BCUT2D eigenvalue weighted by Gasteiger charge is 2.14. The van der Waals surface area contributed by atoms with Crippen LogP contribution in [0.2, 0.25) is 0 Å². The van der Waals surface area contributed by atoms with Crippen molar-refractivity contribution < 1.29 is 4.79 Å². The van der Waals surface area contributed by atoms with Gasteiger partial charge in [0.2, 0.25) is 5.91 Å². The lowest BCUT2D eigenvalue weighted by Gasteiger charge is -2.06. The van der Waals surface area contributed by atoms with Gasteiger partial charge >= 0.3 is 0 Å². The maximum Gasteiger partial charge on any atom is 0.233 e. The van der Waals surface area contributed by atoms with Crippen LogP contribution in [-0.4, -0.2) is 28.2 Å². The highest BCUT2D eigenvalue weighted by molar-refractivity contribution is 8.00. The Labute approximate surface area is 97.8 Å². The first-order valence-corrected chi connectivity index (χ1v) is 5.91. The fourth-order valence-corrected chi connectivity index (χ4v) is 2.29. The molecule has 0 aliphatic rings. The Hall–Kier alpha value is -1.49. The van der Waals surface area contributed by atoms with Gasteiger partial charge in [-0.15, -0.1) is 0 Å². The van der Waals surface area contributed by atoms with Crippen LogP contribution in [-0.2, 0) is 4.79 Å². The first-order valence-electron chi connectivity index (χ1n) is 5.03. The second kappa shape index (κ2) is 4.57. The van der Waals surface area contributed by atoms with Crippen LogP contribution in [0.1, 0.15) is 6.92 Å². The summed E-state index contributed by atoms with van der Waals surface area (Å²) in [6, 6.07) is 7.81. The number of nitrogens with zero attached hydrogens (tertiary/aromatic N) is 1. The molecule has 0 spiro atoms. The standard InChI is InChI=1S/C11H13N3OS/c1-7(10(15)12-2)16-11-13-8-5-3-4-6-9(8)14-11/h3-7H,1-2H3,(H,12,15)(H,13,14). The van der Waals surface area contributed by atoms with Crippen molar-refractivity contribution in [3.8, 4) is 0 Å². The van der Waals surface area contributed by atoms with Crippen molar-refractivity contribution in [3.63, 3.8) is 0 Å². The number of H-pyrrole nitrogens is 1. The van der Waals surface area contributed by atoms with Gasteiger partial charge in [0.15, 0.2) is 5.16 Å². The molecule has 2 rings (SSSR count). The van der Waals surface area contributed by atoms with Crippen molar-refractivity contribution in [1.29, 1.82) is 0 Å². The number of carbonyl (C=O) groups excluding carboxylic acids is 1. The van der Waals surface area contributed by atoms with E-state index in [4.69, 9.17) is 0 Å². The van der Waals surface area contributed by atoms with E-state index in [1.54, 1.807) is 7.05 Å². The van der Waals surface area contributed by atoms with Crippen molar-refractivity contribution in [2.24, 2.45) is 0 Å². The zero-order chi connectivity index (χ0) is 11.5. The number of thioether (sulfide) groups is 1. The van der Waals surface area contributed by atoms with E-state index in [-0.39, 0.29) is 11.2 Å². The zero-order valence-corrected chi connectivity index (χ0v) is 9.97. The van der Waals surface area contributed by atoms with Crippen molar-refractivity contribution >= 4 is 28.7 Å². The molecule has 0 fully saturated rings. The van der Waals surface area contributed by atoms with Crippen molar-refractivity contribution in [2.45, 2.75) is 17.3 Å². The van der Waals surface area contributed by atoms with E-state index in [1.807, 2.05) is 31.2 Å². The average molecular weight is 235 g/mol. The molecule has 1 heterocycles. The monoisotopic (exact) mass is 235 g/mol. The van der Waals surface area contributed by atoms with E-state index in [1.165, 1.54) is 11.8 Å². The van der Waals surface area contributed by atoms with E-state index in [9.17, 15) is 4.79 Å². The van der Waals surface area contributed by atoms with Crippen LogP contribution in [0.15, 0.2) is 29.4 Å². The Kier molecular flexibility index (Phi) is 3.14. The molecule has 0 radical (unpaired) electrons. The van der Waals surface area contributed by atoms with E-state index in [2.05, 4.69) is 15.3 Å². The molecule has 2 aromatic rings. The summed E-state index contributed by atoms with van der Waals surface area (Å²) >= 11 is 1.42. The van der Waals surface area contributed by atoms with E-state index < -0.39 is 0 Å². The molecule has 0 aliphatic heterocycles. The number of hydrogen-bond donors (Lipinski definition) is 2. The maximum absolute atomic E-state index is 11.4. The van der Waals surface area contributed by atoms with Crippen molar-refractivity contribution in [1.82, 2.24) is 15.3 Å². The number of aromatic amines is 1. The molecule has 5 heteroatoms. The predicted octanol–water partition coefficient (Wildman–Crippen LogP) is 1.79. The Bertz CT molecular complexity index is 476. The molecular formula is C11H13N3OS. The average Bonchev–Trinajstić information content (AvgIpc) is 2.69. The SMILES string of the molecule is CNC(=O)C(C)Sc1nc2ccccc2[nH]1. The van der Waals surface area contributed by atoms with E-state index in [0.29, 0.717) is 0 Å². The molecule has 84 valence electrons. The molecule has 0 saturated carbocycles. The summed E-state index contributed by atoms with van der Waals surface area (Å²) in [5.74, 6) is 0.00505. The summed E-state index contributed by atoms with van der Waals surface area (Å²) in [5, 5.41) is 3.24. The van der Waals surface area contributed by atoms with Crippen LogP contribution < -0.4 is 5.32 Å². The van der Waals surface area contributed by atoms with Gasteiger partial charge in [0.25, 0.3) is 0 Å². The minimum atomic E-state index is -0.148. The molecular weight excluding hydrogens is 222 g/mol. The number of fused-ring (bicyclic) bond motifs is 1. The highest BCUT2D eigenvalue weighted by Crippen LogP contribution is 2.23. The van der Waals surface area contributed by atoms with Gasteiger partial charge in [0, 0.05) is 7.05 Å². The molecule has 1 aromatic carbocycles. The van der Waals surface area contributed by atoms with Crippen molar-refractivity contribution in [3.05, 3.63) is 24.3 Å². The van der Waals surface area contributed by atoms with Crippen LogP contribution in [0.25, 0.3) is 11.0 Å². The number of hydrogen-bond acceptors (Lipinski definition) is 3. The van der Waals surface area contributed by atoms with E-state index in [0.717, 1.165) is 16.2 Å². The van der Waals surface area contributed by atoms with Gasteiger partial charge in [0.1, 0.15) is 0 Å². The van der Waals surface area contributed by atoms with Crippen molar-refractivity contribution in [2.75, 3.05) is 7.05 Å². The van der Waals surface area contributed by atoms with Crippen LogP contribution in [0.5, 0.6) is 0 Å². The minimum Gasteiger partial charge on any atom is -0.358 e. The molecule has 2 N–H and O–H groups in total. The lowest BCUT2D eigenvalue weighted by Crippen LogP contribution is -2.27. The molecule has 1 amide bonds. The van der Waals surface area contributed by atoms with Gasteiger partial charge < -0.3 is 10.3 Å². The molecule has 4 nitrogen and oxygen atoms in total. The number of carbonyl (C=O) groups is 1. The number of benzene rings is 1. The summed E-state index contributed by atoms with van der Waals surface area (Å²) in [6.07, 6.45) is 0. The van der Waals surface area contributed by atoms with Gasteiger partial charge in [0.05, 0.1) is 16.3 Å². The maximum atomic E-state index is 11.4. The minimum absolute atomic E-state index is 0.00505. The molecule has 1 aromatic heterocycles. The van der Waals surface area contributed by atoms with Crippen LogP contribution in [0.3, 0.4) is 0 Å². The van der Waals surface area contributed by atoms with Gasteiger partial charge in [-0.25, -0.2) is 4.98 Å². The number of aromatic nitrogens is 2. The number of amides is 1. The Morgan fingerprint density at radius 1 is 1.50 bits per heavy atom. The highest BCUT2D eigenvalue weighted by atomic mass is 32.2. The largest absolute Gasteiger partial charge is 0.358 e. The fourth-order valence-electron chi connectivity index (χ4n) is 1.41. The Balaban J connectivity index is 2.18. The van der Waals surface area contributed by atoms with Crippen LogP contribution in [0.4, 0.5) is 0 Å². The third-order valence-corrected chi connectivity index (χ3v) is 3.26. The van der Waals surface area contributed by atoms with Gasteiger partial charge in [-0.3, -0.25) is 4.79 Å². The second-order valence-electron chi connectivity index (χ2n) is 3.43. The molecule has 0 aliphatic carbocycles. The smallest absolute Gasteiger partial charge is 0.233 e. The first kappa shape index (κ1) is 11.0. The number of rotatable bonds is 3. The summed E-state index contributed by atoms with van der Waals surface area (Å²) in [7, 11) is 1.64. The zero-order valence-electron chi connectivity index (χ0n) is 9.15. The normalized spacial score (nSPS) is 12.6. The lowest BCUT2D eigenvalue weighted by atomic mass is 10.3. The fraction of sp³-hybridized carbons (Fsp3) is 0.273.